The molecule has 0 radical (unpaired) electrons. The Morgan fingerprint density at radius 3 is 2.65 bits per heavy atom. The third kappa shape index (κ3) is 4.50. The topological polar surface area (TPSA) is 9.23 Å². The van der Waals surface area contributed by atoms with E-state index >= 15 is 0 Å². The molecule has 1 unspecified atom stereocenters. The van der Waals surface area contributed by atoms with Crippen LogP contribution in [0, 0.1) is 5.82 Å². The molecule has 0 N–H and O–H groups in total. The Labute approximate surface area is 131 Å². The van der Waals surface area contributed by atoms with E-state index in [1.165, 1.54) is 12.1 Å². The molecule has 106 valence electrons. The average molecular weight is 358 g/mol. The summed E-state index contributed by atoms with van der Waals surface area (Å²) in [5, 5.41) is 0. The van der Waals surface area contributed by atoms with Crippen molar-refractivity contribution < 1.29 is 9.13 Å². The van der Waals surface area contributed by atoms with Crippen LogP contribution in [-0.2, 0) is 0 Å². The number of benzene rings is 2. The fourth-order valence-electron chi connectivity index (χ4n) is 1.97. The van der Waals surface area contributed by atoms with Crippen molar-refractivity contribution in [3.63, 3.8) is 0 Å². The zero-order chi connectivity index (χ0) is 14.4. The number of hydrogen-bond donors (Lipinski definition) is 0. The molecule has 0 aliphatic carbocycles. The van der Waals surface area contributed by atoms with Gasteiger partial charge >= 0.3 is 0 Å². The summed E-state index contributed by atoms with van der Waals surface area (Å²) < 4.78 is 19.9. The Bertz CT molecular complexity index is 562. The van der Waals surface area contributed by atoms with Crippen LogP contribution in [-0.4, -0.2) is 12.5 Å². The van der Waals surface area contributed by atoms with Crippen molar-refractivity contribution in [2.45, 2.75) is 12.3 Å². The SMILES string of the molecule is Fc1cccc(C(CCl)CCOc2cccc(Br)c2)c1. The van der Waals surface area contributed by atoms with Gasteiger partial charge in [-0.3, -0.25) is 0 Å². The lowest BCUT2D eigenvalue weighted by molar-refractivity contribution is 0.301. The van der Waals surface area contributed by atoms with Gasteiger partial charge in [-0.1, -0.05) is 34.1 Å². The maximum atomic E-state index is 13.2. The highest BCUT2D eigenvalue weighted by molar-refractivity contribution is 9.10. The molecule has 20 heavy (non-hydrogen) atoms. The summed E-state index contributed by atoms with van der Waals surface area (Å²) in [4.78, 5) is 0. The highest BCUT2D eigenvalue weighted by Gasteiger charge is 2.11. The quantitative estimate of drug-likeness (QED) is 0.631. The molecule has 2 aromatic rings. The van der Waals surface area contributed by atoms with Gasteiger partial charge < -0.3 is 4.74 Å². The summed E-state index contributed by atoms with van der Waals surface area (Å²) in [5.41, 5.74) is 0.915. The van der Waals surface area contributed by atoms with E-state index in [1.807, 2.05) is 30.3 Å². The lowest BCUT2D eigenvalue weighted by Crippen LogP contribution is -2.07. The molecule has 1 nitrogen and oxygen atoms in total. The number of halogens is 3. The minimum absolute atomic E-state index is 0.0968. The number of rotatable bonds is 6. The molecule has 0 heterocycles. The van der Waals surface area contributed by atoms with Gasteiger partial charge in [0.1, 0.15) is 11.6 Å². The summed E-state index contributed by atoms with van der Waals surface area (Å²) in [6, 6.07) is 14.3. The maximum absolute atomic E-state index is 13.2. The number of alkyl halides is 1. The van der Waals surface area contributed by atoms with Gasteiger partial charge in [0.15, 0.2) is 0 Å². The highest BCUT2D eigenvalue weighted by Crippen LogP contribution is 2.23. The van der Waals surface area contributed by atoms with Crippen molar-refractivity contribution in [3.8, 4) is 5.75 Å². The Hall–Kier alpha value is -1.06. The van der Waals surface area contributed by atoms with Crippen LogP contribution in [0.2, 0.25) is 0 Å². The molecular weight excluding hydrogens is 343 g/mol. The smallest absolute Gasteiger partial charge is 0.123 e. The Morgan fingerprint density at radius 2 is 1.95 bits per heavy atom. The number of ether oxygens (including phenoxy) is 1. The van der Waals surface area contributed by atoms with Crippen LogP contribution in [0.4, 0.5) is 4.39 Å². The lowest BCUT2D eigenvalue weighted by Gasteiger charge is -2.15. The first-order valence-corrected chi connectivity index (χ1v) is 7.71. The van der Waals surface area contributed by atoms with Crippen molar-refractivity contribution in [1.29, 1.82) is 0 Å². The number of hydrogen-bond acceptors (Lipinski definition) is 1. The molecule has 0 aliphatic heterocycles. The van der Waals surface area contributed by atoms with Gasteiger partial charge in [-0.2, -0.15) is 0 Å². The van der Waals surface area contributed by atoms with Gasteiger partial charge in [-0.15, -0.1) is 11.6 Å². The van der Waals surface area contributed by atoms with Crippen molar-refractivity contribution in [2.24, 2.45) is 0 Å². The van der Waals surface area contributed by atoms with Gasteiger partial charge in [0.2, 0.25) is 0 Å². The molecule has 0 amide bonds. The molecule has 0 aliphatic rings. The van der Waals surface area contributed by atoms with Gasteiger partial charge in [0.25, 0.3) is 0 Å². The molecule has 2 rings (SSSR count). The summed E-state index contributed by atoms with van der Waals surface area (Å²) >= 11 is 9.37. The van der Waals surface area contributed by atoms with Crippen molar-refractivity contribution in [1.82, 2.24) is 0 Å². The minimum Gasteiger partial charge on any atom is -0.494 e. The fraction of sp³-hybridized carbons (Fsp3) is 0.250. The third-order valence-corrected chi connectivity index (χ3v) is 3.90. The van der Waals surface area contributed by atoms with Crippen LogP contribution in [0.15, 0.2) is 53.0 Å². The van der Waals surface area contributed by atoms with Crippen molar-refractivity contribution in [3.05, 3.63) is 64.4 Å². The molecule has 0 aromatic heterocycles. The monoisotopic (exact) mass is 356 g/mol. The fourth-order valence-corrected chi connectivity index (χ4v) is 2.68. The molecule has 4 heteroatoms. The van der Waals surface area contributed by atoms with Gasteiger partial charge in [-0.25, -0.2) is 4.39 Å². The van der Waals surface area contributed by atoms with Crippen molar-refractivity contribution >= 4 is 27.5 Å². The predicted octanol–water partition coefficient (Wildman–Crippen LogP) is 5.38. The van der Waals surface area contributed by atoms with Gasteiger partial charge in [0.05, 0.1) is 6.61 Å². The van der Waals surface area contributed by atoms with E-state index < -0.39 is 0 Å². The van der Waals surface area contributed by atoms with Crippen LogP contribution in [0.1, 0.15) is 17.9 Å². The average Bonchev–Trinajstić information content (AvgIpc) is 2.44. The second-order valence-electron chi connectivity index (χ2n) is 4.50. The van der Waals surface area contributed by atoms with E-state index in [2.05, 4.69) is 15.9 Å². The van der Waals surface area contributed by atoms with Gasteiger partial charge in [0, 0.05) is 16.3 Å². The first-order valence-electron chi connectivity index (χ1n) is 6.39. The van der Waals surface area contributed by atoms with Crippen LogP contribution in [0.25, 0.3) is 0 Å². The first kappa shape index (κ1) is 15.3. The molecule has 0 saturated heterocycles. The van der Waals surface area contributed by atoms with E-state index in [1.54, 1.807) is 6.07 Å². The molecule has 2 aromatic carbocycles. The van der Waals surface area contributed by atoms with Gasteiger partial charge in [-0.05, 0) is 42.3 Å². The zero-order valence-electron chi connectivity index (χ0n) is 10.9. The minimum atomic E-state index is -0.231. The Kier molecular flexibility index (Phi) is 5.86. The summed E-state index contributed by atoms with van der Waals surface area (Å²) in [7, 11) is 0. The maximum Gasteiger partial charge on any atom is 0.123 e. The van der Waals surface area contributed by atoms with Crippen LogP contribution in [0.5, 0.6) is 5.75 Å². The Morgan fingerprint density at radius 1 is 1.15 bits per heavy atom. The lowest BCUT2D eigenvalue weighted by atomic mass is 9.98. The summed E-state index contributed by atoms with van der Waals surface area (Å²) in [5.74, 6) is 1.13. The summed E-state index contributed by atoms with van der Waals surface area (Å²) in [6.07, 6.45) is 0.749. The van der Waals surface area contributed by atoms with Crippen LogP contribution in [0.3, 0.4) is 0 Å². The zero-order valence-corrected chi connectivity index (χ0v) is 13.2. The second kappa shape index (κ2) is 7.65. The third-order valence-electron chi connectivity index (χ3n) is 3.04. The summed E-state index contributed by atoms with van der Waals surface area (Å²) in [6.45, 7) is 0.546. The molecule has 0 fully saturated rings. The standard InChI is InChI=1S/C16H15BrClFO/c17-14-4-2-6-16(10-14)20-8-7-13(11-18)12-3-1-5-15(19)9-12/h1-6,9-10,13H,7-8,11H2. The van der Waals surface area contributed by atoms with Crippen LogP contribution < -0.4 is 4.74 Å². The van der Waals surface area contributed by atoms with E-state index in [0.29, 0.717) is 12.5 Å². The van der Waals surface area contributed by atoms with E-state index in [0.717, 1.165) is 22.2 Å². The molecule has 0 saturated carbocycles. The predicted molar refractivity (Wildman–Crippen MR) is 84.1 cm³/mol. The Balaban J connectivity index is 1.91. The molecule has 0 spiro atoms. The van der Waals surface area contributed by atoms with Crippen LogP contribution >= 0.6 is 27.5 Å². The second-order valence-corrected chi connectivity index (χ2v) is 5.73. The molecule has 1 atom stereocenters. The molecule has 0 bridgehead atoms. The molecular formula is C16H15BrClFO. The van der Waals surface area contributed by atoms with E-state index in [4.69, 9.17) is 16.3 Å². The van der Waals surface area contributed by atoms with E-state index in [-0.39, 0.29) is 11.7 Å². The highest BCUT2D eigenvalue weighted by atomic mass is 79.9. The largest absolute Gasteiger partial charge is 0.494 e. The normalized spacial score (nSPS) is 12.2. The van der Waals surface area contributed by atoms with E-state index in [9.17, 15) is 4.39 Å². The first-order chi connectivity index (χ1) is 9.69. The van der Waals surface area contributed by atoms with Crippen molar-refractivity contribution in [2.75, 3.05) is 12.5 Å².